The van der Waals surface area contributed by atoms with Gasteiger partial charge in [-0.1, -0.05) is 67.8 Å². The van der Waals surface area contributed by atoms with Crippen LogP contribution in [-0.2, 0) is 4.79 Å². The van der Waals surface area contributed by atoms with Crippen LogP contribution in [0.5, 0.6) is 0 Å². The molecular weight excluding hydrogens is 404 g/mol. The number of amides is 1. The molecule has 2 fully saturated rings. The van der Waals surface area contributed by atoms with Crippen LogP contribution in [0.4, 0.5) is 0 Å². The summed E-state index contributed by atoms with van der Waals surface area (Å²) in [7, 11) is 0. The van der Waals surface area contributed by atoms with Crippen LogP contribution in [0.3, 0.4) is 0 Å². The molecule has 0 atom stereocenters. The summed E-state index contributed by atoms with van der Waals surface area (Å²) in [6.45, 7) is 0. The van der Waals surface area contributed by atoms with Crippen LogP contribution in [0.25, 0.3) is 23.0 Å². The van der Waals surface area contributed by atoms with Gasteiger partial charge >= 0.3 is 0 Å². The Bertz CT molecular complexity index is 1130. The zero-order valence-corrected chi connectivity index (χ0v) is 18.0. The van der Waals surface area contributed by atoms with Crippen LogP contribution < -0.4 is 5.32 Å². The van der Waals surface area contributed by atoms with E-state index in [0.717, 1.165) is 48.2 Å². The van der Waals surface area contributed by atoms with Gasteiger partial charge in [-0.3, -0.25) is 9.69 Å². The molecule has 0 bridgehead atoms. The first-order valence-corrected chi connectivity index (χ1v) is 11.2. The molecule has 2 heterocycles. The molecule has 156 valence electrons. The molecule has 1 N–H and O–H groups in total. The second-order valence-electron chi connectivity index (χ2n) is 8.03. The summed E-state index contributed by atoms with van der Waals surface area (Å²) in [5, 5.41) is 8.51. The quantitative estimate of drug-likeness (QED) is 0.473. The molecule has 2 aromatic carbocycles. The maximum Gasteiger partial charge on any atom is 0.276 e. The molecule has 6 heteroatoms. The third-order valence-corrected chi connectivity index (χ3v) is 6.26. The fourth-order valence-corrected chi connectivity index (χ4v) is 4.74. The molecule has 2 aliphatic rings. The average molecular weight is 429 g/mol. The van der Waals surface area contributed by atoms with E-state index in [-0.39, 0.29) is 11.9 Å². The second-order valence-corrected chi connectivity index (χ2v) is 8.42. The summed E-state index contributed by atoms with van der Waals surface area (Å²) in [5.41, 5.74) is 4.18. The van der Waals surface area contributed by atoms with Gasteiger partial charge in [-0.05, 0) is 43.3 Å². The zero-order valence-electron chi connectivity index (χ0n) is 17.2. The van der Waals surface area contributed by atoms with Crippen molar-refractivity contribution in [1.82, 2.24) is 20.0 Å². The number of hydrogen-bond donors (Lipinski definition) is 1. The molecule has 1 saturated carbocycles. The number of rotatable bonds is 4. The highest BCUT2D eigenvalue weighted by atomic mass is 32.1. The van der Waals surface area contributed by atoms with Crippen LogP contribution >= 0.6 is 12.2 Å². The highest BCUT2D eigenvalue weighted by Gasteiger charge is 2.36. The van der Waals surface area contributed by atoms with Crippen molar-refractivity contribution in [2.75, 3.05) is 0 Å². The Labute approximate surface area is 187 Å². The molecule has 1 aliphatic carbocycles. The molecule has 1 aromatic heterocycles. The number of nitrogens with zero attached hydrogens (tertiary/aromatic N) is 3. The van der Waals surface area contributed by atoms with E-state index in [1.807, 2.05) is 77.6 Å². The number of thiocarbonyl (C=S) groups is 1. The number of carbonyl (C=O) groups is 1. The third kappa shape index (κ3) is 3.91. The monoisotopic (exact) mass is 428 g/mol. The minimum atomic E-state index is -0.0385. The van der Waals surface area contributed by atoms with Crippen molar-refractivity contribution >= 4 is 29.3 Å². The maximum absolute atomic E-state index is 13.2. The zero-order chi connectivity index (χ0) is 21.2. The predicted octanol–water partition coefficient (Wildman–Crippen LogP) is 4.93. The van der Waals surface area contributed by atoms with Gasteiger partial charge in [0.25, 0.3) is 5.91 Å². The van der Waals surface area contributed by atoms with Crippen molar-refractivity contribution in [3.8, 4) is 16.9 Å². The van der Waals surface area contributed by atoms with Crippen LogP contribution in [0.1, 0.15) is 37.7 Å². The Morgan fingerprint density at radius 2 is 1.65 bits per heavy atom. The summed E-state index contributed by atoms with van der Waals surface area (Å²) in [6.07, 6.45) is 9.42. The lowest BCUT2D eigenvalue weighted by Crippen LogP contribution is -2.41. The van der Waals surface area contributed by atoms with Crippen molar-refractivity contribution < 1.29 is 4.79 Å². The number of carbonyl (C=O) groups excluding carboxylic acids is 1. The van der Waals surface area contributed by atoms with Gasteiger partial charge in [0, 0.05) is 23.4 Å². The van der Waals surface area contributed by atoms with Crippen LogP contribution in [0, 0.1) is 0 Å². The summed E-state index contributed by atoms with van der Waals surface area (Å²) in [5.74, 6) is -0.0385. The number of aromatic nitrogens is 2. The first-order valence-electron chi connectivity index (χ1n) is 10.8. The van der Waals surface area contributed by atoms with Gasteiger partial charge in [0.1, 0.15) is 11.4 Å². The lowest BCUT2D eigenvalue weighted by molar-refractivity contribution is -0.124. The Balaban J connectivity index is 1.53. The van der Waals surface area contributed by atoms with Gasteiger partial charge in [0.05, 0.1) is 5.69 Å². The van der Waals surface area contributed by atoms with Crippen molar-refractivity contribution in [3.05, 3.63) is 78.1 Å². The topological polar surface area (TPSA) is 50.2 Å². The van der Waals surface area contributed by atoms with Crippen LogP contribution in [0.2, 0.25) is 0 Å². The third-order valence-electron chi connectivity index (χ3n) is 5.96. The summed E-state index contributed by atoms with van der Waals surface area (Å²) >= 11 is 5.53. The molecule has 1 saturated heterocycles. The SMILES string of the molecule is O=C1/C(=C\c2cn(-c3ccccc3)nc2-c2ccccc2)NC(=S)N1C1CCCCC1. The van der Waals surface area contributed by atoms with Gasteiger partial charge in [-0.15, -0.1) is 0 Å². The van der Waals surface area contributed by atoms with Crippen LogP contribution in [0.15, 0.2) is 72.6 Å². The lowest BCUT2D eigenvalue weighted by Gasteiger charge is -2.29. The van der Waals surface area contributed by atoms with E-state index in [0.29, 0.717) is 10.8 Å². The van der Waals surface area contributed by atoms with Crippen LogP contribution in [-0.4, -0.2) is 31.7 Å². The first-order chi connectivity index (χ1) is 15.2. The van der Waals surface area contributed by atoms with E-state index in [1.165, 1.54) is 6.42 Å². The van der Waals surface area contributed by atoms with Gasteiger partial charge in [-0.2, -0.15) is 5.10 Å². The minimum Gasteiger partial charge on any atom is -0.328 e. The normalized spacial score (nSPS) is 18.6. The number of hydrogen-bond acceptors (Lipinski definition) is 3. The largest absolute Gasteiger partial charge is 0.328 e. The Morgan fingerprint density at radius 3 is 2.35 bits per heavy atom. The second kappa shape index (κ2) is 8.47. The smallest absolute Gasteiger partial charge is 0.276 e. The number of nitrogens with one attached hydrogen (secondary N) is 1. The highest BCUT2D eigenvalue weighted by molar-refractivity contribution is 7.80. The lowest BCUT2D eigenvalue weighted by atomic mass is 9.94. The number of benzene rings is 2. The highest BCUT2D eigenvalue weighted by Crippen LogP contribution is 2.29. The Kier molecular flexibility index (Phi) is 5.38. The van der Waals surface area contributed by atoms with E-state index < -0.39 is 0 Å². The predicted molar refractivity (Wildman–Crippen MR) is 126 cm³/mol. The van der Waals surface area contributed by atoms with Crippen molar-refractivity contribution in [2.24, 2.45) is 0 Å². The molecule has 0 unspecified atom stereocenters. The fourth-order valence-electron chi connectivity index (χ4n) is 4.40. The summed E-state index contributed by atoms with van der Waals surface area (Å²) in [6, 6.07) is 20.2. The fraction of sp³-hybridized carbons (Fsp3) is 0.240. The van der Waals surface area contributed by atoms with E-state index in [4.69, 9.17) is 17.3 Å². The van der Waals surface area contributed by atoms with Crippen molar-refractivity contribution in [2.45, 2.75) is 38.1 Å². The van der Waals surface area contributed by atoms with Crippen molar-refractivity contribution in [1.29, 1.82) is 0 Å². The Morgan fingerprint density at radius 1 is 0.968 bits per heavy atom. The molecule has 1 amide bonds. The van der Waals surface area contributed by atoms with Gasteiger partial charge in [0.2, 0.25) is 0 Å². The van der Waals surface area contributed by atoms with Gasteiger partial charge in [-0.25, -0.2) is 4.68 Å². The number of para-hydroxylation sites is 1. The summed E-state index contributed by atoms with van der Waals surface area (Å²) < 4.78 is 1.85. The molecule has 3 aromatic rings. The minimum absolute atomic E-state index is 0.0385. The van der Waals surface area contributed by atoms with Crippen molar-refractivity contribution in [3.63, 3.8) is 0 Å². The molecule has 1 aliphatic heterocycles. The molecule has 5 rings (SSSR count). The standard InChI is InChI=1S/C25H24N4OS/c30-24-22(26-25(31)29(24)21-14-8-3-9-15-21)16-19-17-28(20-12-6-2-7-13-20)27-23(19)18-10-4-1-5-11-18/h1-2,4-7,10-13,16-17,21H,3,8-9,14-15H2,(H,26,31)/b22-16+. The Hall–Kier alpha value is -3.25. The van der Waals surface area contributed by atoms with E-state index in [9.17, 15) is 4.79 Å². The van der Waals surface area contributed by atoms with Gasteiger partial charge in [0.15, 0.2) is 5.11 Å². The van der Waals surface area contributed by atoms with E-state index in [2.05, 4.69) is 5.32 Å². The summed E-state index contributed by atoms with van der Waals surface area (Å²) in [4.78, 5) is 15.0. The van der Waals surface area contributed by atoms with E-state index >= 15 is 0 Å². The molecule has 31 heavy (non-hydrogen) atoms. The molecule has 5 nitrogen and oxygen atoms in total. The molecule has 0 radical (unpaired) electrons. The maximum atomic E-state index is 13.2. The molecular formula is C25H24N4OS. The average Bonchev–Trinajstić information content (AvgIpc) is 3.36. The first kappa shape index (κ1) is 19.7. The van der Waals surface area contributed by atoms with Gasteiger partial charge < -0.3 is 5.32 Å². The molecule has 0 spiro atoms. The van der Waals surface area contributed by atoms with E-state index in [1.54, 1.807) is 4.90 Å².